The zero-order valence-corrected chi connectivity index (χ0v) is 13.4. The monoisotopic (exact) mass is 340 g/mol. The van der Waals surface area contributed by atoms with Crippen LogP contribution in [0.15, 0.2) is 22.7 Å². The molecule has 110 valence electrons. The molecule has 4 heteroatoms. The summed E-state index contributed by atoms with van der Waals surface area (Å²) in [5, 5.41) is 0. The molecule has 1 saturated heterocycles. The molecular formula is C16H21BrO3. The summed E-state index contributed by atoms with van der Waals surface area (Å²) < 4.78 is 11.9. The van der Waals surface area contributed by atoms with Crippen LogP contribution in [0, 0.1) is 0 Å². The van der Waals surface area contributed by atoms with Gasteiger partial charge in [0.2, 0.25) is 0 Å². The largest absolute Gasteiger partial charge is 0.493 e. The van der Waals surface area contributed by atoms with Gasteiger partial charge >= 0.3 is 0 Å². The maximum Gasteiger partial charge on any atom is 0.163 e. The van der Waals surface area contributed by atoms with Gasteiger partial charge in [0, 0.05) is 18.6 Å². The molecule has 0 N–H and O–H groups in total. The van der Waals surface area contributed by atoms with Gasteiger partial charge < -0.3 is 9.47 Å². The van der Waals surface area contributed by atoms with Crippen molar-refractivity contribution in [3.05, 3.63) is 28.2 Å². The van der Waals surface area contributed by atoms with Crippen LogP contribution in [0.3, 0.4) is 0 Å². The van der Waals surface area contributed by atoms with Gasteiger partial charge in [-0.2, -0.15) is 0 Å². The van der Waals surface area contributed by atoms with E-state index in [-0.39, 0.29) is 11.9 Å². The van der Waals surface area contributed by atoms with Crippen molar-refractivity contribution in [3.8, 4) is 5.75 Å². The van der Waals surface area contributed by atoms with Gasteiger partial charge in [0.15, 0.2) is 5.78 Å². The van der Waals surface area contributed by atoms with Gasteiger partial charge in [0.05, 0.1) is 17.2 Å². The third-order valence-corrected chi connectivity index (χ3v) is 4.14. The number of rotatable bonds is 6. The van der Waals surface area contributed by atoms with Gasteiger partial charge in [0.25, 0.3) is 0 Å². The van der Waals surface area contributed by atoms with Crippen LogP contribution < -0.4 is 4.74 Å². The lowest BCUT2D eigenvalue weighted by Crippen LogP contribution is -2.20. The summed E-state index contributed by atoms with van der Waals surface area (Å²) in [6.45, 7) is 3.40. The van der Waals surface area contributed by atoms with Crippen molar-refractivity contribution in [1.29, 1.82) is 0 Å². The molecule has 1 unspecified atom stereocenters. The standard InChI is InChI=1S/C16H21BrO3/c1-2-19-16-9-6-12(11-14(16)17)15(18)8-7-13-5-3-4-10-20-13/h6,9,11,13H,2-5,7-8,10H2,1H3. The molecule has 20 heavy (non-hydrogen) atoms. The fourth-order valence-corrected chi connectivity index (χ4v) is 2.91. The molecule has 1 fully saturated rings. The molecule has 0 radical (unpaired) electrons. The first-order valence-electron chi connectivity index (χ1n) is 7.28. The average molecular weight is 341 g/mol. The number of ketones is 1. The van der Waals surface area contributed by atoms with Crippen LogP contribution in [-0.4, -0.2) is 25.1 Å². The second-order valence-corrected chi connectivity index (χ2v) is 5.88. The number of ether oxygens (including phenoxy) is 2. The van der Waals surface area contributed by atoms with E-state index >= 15 is 0 Å². The Hall–Kier alpha value is -0.870. The van der Waals surface area contributed by atoms with Crippen molar-refractivity contribution >= 4 is 21.7 Å². The van der Waals surface area contributed by atoms with E-state index in [2.05, 4.69) is 15.9 Å². The summed E-state index contributed by atoms with van der Waals surface area (Å²) in [4.78, 5) is 12.2. The number of carbonyl (C=O) groups is 1. The number of hydrogen-bond donors (Lipinski definition) is 0. The maximum absolute atomic E-state index is 12.2. The first-order valence-corrected chi connectivity index (χ1v) is 8.07. The van der Waals surface area contributed by atoms with E-state index in [1.54, 1.807) is 0 Å². The summed E-state index contributed by atoms with van der Waals surface area (Å²) >= 11 is 3.44. The van der Waals surface area contributed by atoms with Gasteiger partial charge in [0.1, 0.15) is 5.75 Å². The second kappa shape index (κ2) is 7.79. The topological polar surface area (TPSA) is 35.5 Å². The van der Waals surface area contributed by atoms with E-state index in [9.17, 15) is 4.79 Å². The summed E-state index contributed by atoms with van der Waals surface area (Å²) in [6.07, 6.45) is 5.08. The minimum absolute atomic E-state index is 0.169. The zero-order chi connectivity index (χ0) is 14.4. The van der Waals surface area contributed by atoms with Crippen molar-refractivity contribution in [2.24, 2.45) is 0 Å². The van der Waals surface area contributed by atoms with Crippen LogP contribution in [0.25, 0.3) is 0 Å². The fourth-order valence-electron chi connectivity index (χ4n) is 2.42. The van der Waals surface area contributed by atoms with Crippen LogP contribution in [0.1, 0.15) is 49.4 Å². The van der Waals surface area contributed by atoms with Crippen molar-refractivity contribution in [1.82, 2.24) is 0 Å². The SMILES string of the molecule is CCOc1ccc(C(=O)CCC2CCCCO2)cc1Br. The molecule has 0 spiro atoms. The quantitative estimate of drug-likeness (QED) is 0.721. The third kappa shape index (κ3) is 4.32. The third-order valence-electron chi connectivity index (χ3n) is 3.52. The van der Waals surface area contributed by atoms with E-state index in [0.29, 0.717) is 13.0 Å². The summed E-state index contributed by atoms with van der Waals surface area (Å²) in [5.41, 5.74) is 0.733. The minimum atomic E-state index is 0.169. The van der Waals surface area contributed by atoms with E-state index in [0.717, 1.165) is 41.7 Å². The number of carbonyl (C=O) groups excluding carboxylic acids is 1. The predicted octanol–water partition coefficient (Wildman–Crippen LogP) is 4.38. The lowest BCUT2D eigenvalue weighted by atomic mass is 10.0. The summed E-state index contributed by atoms with van der Waals surface area (Å²) in [5.74, 6) is 0.947. The van der Waals surface area contributed by atoms with Gasteiger partial charge in [-0.1, -0.05) is 0 Å². The molecule has 2 rings (SSSR count). The van der Waals surface area contributed by atoms with Crippen LogP contribution in [-0.2, 0) is 4.74 Å². The van der Waals surface area contributed by atoms with Gasteiger partial charge in [-0.05, 0) is 66.7 Å². The van der Waals surface area contributed by atoms with Gasteiger partial charge in [-0.15, -0.1) is 0 Å². The molecule has 0 bridgehead atoms. The molecule has 0 aromatic heterocycles. The Kier molecular flexibility index (Phi) is 6.05. The molecule has 1 aliphatic rings. The Morgan fingerprint density at radius 1 is 1.45 bits per heavy atom. The lowest BCUT2D eigenvalue weighted by molar-refractivity contribution is 0.0104. The normalized spacial score (nSPS) is 18.8. The maximum atomic E-state index is 12.2. The van der Waals surface area contributed by atoms with Crippen molar-refractivity contribution in [2.75, 3.05) is 13.2 Å². The van der Waals surface area contributed by atoms with E-state index in [1.165, 1.54) is 6.42 Å². The Bertz CT molecular complexity index is 453. The van der Waals surface area contributed by atoms with Crippen LogP contribution in [0.4, 0.5) is 0 Å². The molecule has 0 saturated carbocycles. The number of benzene rings is 1. The highest BCUT2D eigenvalue weighted by atomic mass is 79.9. The summed E-state index contributed by atoms with van der Waals surface area (Å²) in [7, 11) is 0. The molecule has 0 amide bonds. The highest BCUT2D eigenvalue weighted by Gasteiger charge is 2.16. The smallest absolute Gasteiger partial charge is 0.163 e. The molecule has 1 aromatic rings. The van der Waals surface area contributed by atoms with Crippen molar-refractivity contribution in [3.63, 3.8) is 0 Å². The molecule has 1 atom stereocenters. The molecule has 0 aliphatic carbocycles. The van der Waals surface area contributed by atoms with E-state index in [1.807, 2.05) is 25.1 Å². The molecule has 1 aromatic carbocycles. The Labute approximate surface area is 128 Å². The number of Topliss-reactive ketones (excluding diaryl/α,β-unsaturated/α-hetero) is 1. The predicted molar refractivity (Wildman–Crippen MR) is 82.5 cm³/mol. The Morgan fingerprint density at radius 2 is 2.30 bits per heavy atom. The highest BCUT2D eigenvalue weighted by Crippen LogP contribution is 2.27. The number of hydrogen-bond acceptors (Lipinski definition) is 3. The van der Waals surface area contributed by atoms with Gasteiger partial charge in [-0.25, -0.2) is 0 Å². The molecule has 3 nitrogen and oxygen atoms in total. The molecule has 1 heterocycles. The van der Waals surface area contributed by atoms with Gasteiger partial charge in [-0.3, -0.25) is 4.79 Å². The molecular weight excluding hydrogens is 320 g/mol. The highest BCUT2D eigenvalue weighted by molar-refractivity contribution is 9.10. The van der Waals surface area contributed by atoms with Crippen molar-refractivity contribution < 1.29 is 14.3 Å². The van der Waals surface area contributed by atoms with E-state index < -0.39 is 0 Å². The zero-order valence-electron chi connectivity index (χ0n) is 11.9. The minimum Gasteiger partial charge on any atom is -0.493 e. The number of halogens is 1. The lowest BCUT2D eigenvalue weighted by Gasteiger charge is -2.22. The Balaban J connectivity index is 1.89. The Morgan fingerprint density at radius 3 is 2.95 bits per heavy atom. The summed E-state index contributed by atoms with van der Waals surface area (Å²) in [6, 6.07) is 5.52. The first-order chi connectivity index (χ1) is 9.70. The van der Waals surface area contributed by atoms with Crippen LogP contribution in [0.5, 0.6) is 5.75 Å². The fraction of sp³-hybridized carbons (Fsp3) is 0.562. The van der Waals surface area contributed by atoms with Crippen LogP contribution in [0.2, 0.25) is 0 Å². The average Bonchev–Trinajstić information content (AvgIpc) is 2.48. The molecule has 1 aliphatic heterocycles. The first kappa shape index (κ1) is 15.5. The van der Waals surface area contributed by atoms with Crippen LogP contribution >= 0.6 is 15.9 Å². The van der Waals surface area contributed by atoms with E-state index in [4.69, 9.17) is 9.47 Å². The second-order valence-electron chi connectivity index (χ2n) is 5.03. The van der Waals surface area contributed by atoms with Crippen molar-refractivity contribution in [2.45, 2.75) is 45.1 Å².